The largest absolute Gasteiger partial charge is 0.463 e. The molecule has 0 bridgehead atoms. The number of rotatable bonds is 5. The van der Waals surface area contributed by atoms with Crippen LogP contribution in [0.1, 0.15) is 34.6 Å². The lowest BCUT2D eigenvalue weighted by Gasteiger charge is -2.23. The summed E-state index contributed by atoms with van der Waals surface area (Å²) in [4.78, 5) is 12.6. The number of hydrogen-bond donors (Lipinski definition) is 1. The molecule has 0 spiro atoms. The monoisotopic (exact) mass is 670 g/mol. The van der Waals surface area contributed by atoms with E-state index in [-0.39, 0.29) is 6.23 Å². The van der Waals surface area contributed by atoms with E-state index >= 15 is 0 Å². The first-order valence-electron chi connectivity index (χ1n) is 17.7. The number of ether oxygens (including phenoxy) is 1. The minimum absolute atomic E-state index is 0.168. The Morgan fingerprint density at radius 2 is 1.08 bits per heavy atom. The first-order valence-corrected chi connectivity index (χ1v) is 17.7. The predicted octanol–water partition coefficient (Wildman–Crippen LogP) is 10.8. The summed E-state index contributed by atoms with van der Waals surface area (Å²) in [5, 5.41) is 10.6. The van der Waals surface area contributed by atoms with Crippen LogP contribution < -0.4 is 15.0 Å². The summed E-state index contributed by atoms with van der Waals surface area (Å²) in [6, 6.07) is 59.9. The highest BCUT2D eigenvalue weighted by Gasteiger charge is 2.31. The van der Waals surface area contributed by atoms with E-state index in [0.29, 0.717) is 0 Å². The Morgan fingerprint density at radius 3 is 1.87 bits per heavy atom. The summed E-state index contributed by atoms with van der Waals surface area (Å²) in [5.41, 5.74) is 7.51. The zero-order chi connectivity index (χ0) is 34.6. The second-order valence-corrected chi connectivity index (χ2v) is 13.5. The number of benzene rings is 8. The number of amidine groups is 2. The Hall–Kier alpha value is -6.72. The molecule has 0 saturated heterocycles. The number of hydrogen-bond acceptors (Lipinski definition) is 5. The lowest BCUT2D eigenvalue weighted by Crippen LogP contribution is -2.36. The van der Waals surface area contributed by atoms with E-state index in [0.717, 1.165) is 67.3 Å². The van der Waals surface area contributed by atoms with Crippen molar-refractivity contribution in [3.8, 4) is 16.9 Å². The van der Waals surface area contributed by atoms with Gasteiger partial charge in [0.15, 0.2) is 18.1 Å². The topological polar surface area (TPSA) is 49.2 Å². The fourth-order valence-electron chi connectivity index (χ4n) is 7.53. The first-order chi connectivity index (χ1) is 25.6. The highest BCUT2D eigenvalue weighted by Crippen LogP contribution is 2.47. The summed E-state index contributed by atoms with van der Waals surface area (Å²) < 4.78 is 6.67. The van der Waals surface area contributed by atoms with Gasteiger partial charge < -0.3 is 15.0 Å². The number of nitrogens with zero attached hydrogens (tertiary/aromatic N) is 3. The summed E-state index contributed by atoms with van der Waals surface area (Å²) in [6.45, 7) is 0. The number of anilines is 1. The molecular weight excluding hydrogens is 637 g/mol. The molecule has 2 aliphatic heterocycles. The molecule has 0 fully saturated rings. The van der Waals surface area contributed by atoms with Crippen LogP contribution >= 0.6 is 0 Å². The average molecular weight is 671 g/mol. The number of aliphatic imine (C=N–C) groups is 2. The van der Waals surface area contributed by atoms with Crippen molar-refractivity contribution in [2.24, 2.45) is 9.98 Å². The Labute approximate surface area is 302 Å². The normalized spacial score (nSPS) is 16.7. The molecule has 5 heteroatoms. The van der Waals surface area contributed by atoms with Gasteiger partial charge in [-0.25, -0.2) is 9.98 Å². The molecule has 2 atom stereocenters. The lowest BCUT2D eigenvalue weighted by molar-refractivity contribution is 0.237. The maximum absolute atomic E-state index is 6.67. The molecule has 2 unspecified atom stereocenters. The van der Waals surface area contributed by atoms with Crippen LogP contribution in [0.3, 0.4) is 0 Å². The molecule has 10 rings (SSSR count). The molecule has 52 heavy (non-hydrogen) atoms. The SMILES string of the molecule is CN1c2ccc3ccc(-c4cccc(C5=NC(c6ccc7ccccc7c6)N=C(c6ccc7ccccc7c6)N5)c4)cc3c2OC1c1ccccc1. The molecule has 0 saturated carbocycles. The zero-order valence-electron chi connectivity index (χ0n) is 28.6. The van der Waals surface area contributed by atoms with Crippen molar-refractivity contribution < 1.29 is 4.74 Å². The van der Waals surface area contributed by atoms with Crippen molar-refractivity contribution in [1.29, 1.82) is 0 Å². The van der Waals surface area contributed by atoms with Gasteiger partial charge >= 0.3 is 0 Å². The van der Waals surface area contributed by atoms with E-state index in [1.807, 2.05) is 6.07 Å². The summed E-state index contributed by atoms with van der Waals surface area (Å²) in [7, 11) is 2.10. The van der Waals surface area contributed by atoms with Crippen molar-refractivity contribution in [2.75, 3.05) is 11.9 Å². The summed E-state index contributed by atoms with van der Waals surface area (Å²) in [6.07, 6.45) is -0.570. The number of fused-ring (bicyclic) bond motifs is 5. The molecule has 1 N–H and O–H groups in total. The van der Waals surface area contributed by atoms with Gasteiger partial charge in [0, 0.05) is 29.1 Å². The van der Waals surface area contributed by atoms with E-state index < -0.39 is 6.17 Å². The van der Waals surface area contributed by atoms with Gasteiger partial charge in [0.1, 0.15) is 11.7 Å². The van der Waals surface area contributed by atoms with Crippen LogP contribution in [0.25, 0.3) is 43.4 Å². The van der Waals surface area contributed by atoms with Gasteiger partial charge in [-0.15, -0.1) is 0 Å². The van der Waals surface area contributed by atoms with E-state index in [2.05, 4.69) is 181 Å². The fraction of sp³-hybridized carbons (Fsp3) is 0.0638. The Kier molecular flexibility index (Phi) is 7.10. The lowest BCUT2D eigenvalue weighted by atomic mass is 9.98. The molecule has 0 aliphatic carbocycles. The van der Waals surface area contributed by atoms with Gasteiger partial charge in [0.2, 0.25) is 0 Å². The van der Waals surface area contributed by atoms with Gasteiger partial charge in [-0.3, -0.25) is 0 Å². The molecule has 248 valence electrons. The molecule has 2 aliphatic rings. The first kappa shape index (κ1) is 30.1. The quantitative estimate of drug-likeness (QED) is 0.198. The van der Waals surface area contributed by atoms with Gasteiger partial charge in [0.05, 0.1) is 5.69 Å². The molecule has 0 amide bonds. The van der Waals surface area contributed by atoms with Crippen LogP contribution in [0.2, 0.25) is 0 Å². The molecule has 5 nitrogen and oxygen atoms in total. The highest BCUT2D eigenvalue weighted by atomic mass is 16.5. The molecule has 0 radical (unpaired) electrons. The van der Waals surface area contributed by atoms with Crippen molar-refractivity contribution in [2.45, 2.75) is 12.4 Å². The van der Waals surface area contributed by atoms with Crippen LogP contribution in [0.5, 0.6) is 5.75 Å². The third kappa shape index (κ3) is 5.26. The van der Waals surface area contributed by atoms with Crippen molar-refractivity contribution in [3.63, 3.8) is 0 Å². The zero-order valence-corrected chi connectivity index (χ0v) is 28.6. The third-order valence-corrected chi connectivity index (χ3v) is 10.3. The van der Waals surface area contributed by atoms with E-state index in [4.69, 9.17) is 14.7 Å². The van der Waals surface area contributed by atoms with Gasteiger partial charge in [-0.2, -0.15) is 0 Å². The van der Waals surface area contributed by atoms with Crippen LogP contribution in [0, 0.1) is 0 Å². The van der Waals surface area contributed by atoms with Crippen LogP contribution in [-0.2, 0) is 0 Å². The van der Waals surface area contributed by atoms with E-state index in [9.17, 15) is 0 Å². The Morgan fingerprint density at radius 1 is 0.481 bits per heavy atom. The molecule has 8 aromatic carbocycles. The second kappa shape index (κ2) is 12.3. The minimum atomic E-state index is -0.402. The highest BCUT2D eigenvalue weighted by molar-refractivity contribution is 6.17. The summed E-state index contributed by atoms with van der Waals surface area (Å²) in [5.74, 6) is 2.50. The molecule has 8 aromatic rings. The molecule has 2 heterocycles. The Bertz CT molecular complexity index is 2730. The van der Waals surface area contributed by atoms with Crippen molar-refractivity contribution >= 4 is 49.7 Å². The Balaban J connectivity index is 1.04. The second-order valence-electron chi connectivity index (χ2n) is 13.5. The van der Waals surface area contributed by atoms with Crippen LogP contribution in [-0.4, -0.2) is 18.7 Å². The molecular formula is C47H34N4O. The van der Waals surface area contributed by atoms with Gasteiger partial charge in [-0.05, 0) is 74.0 Å². The van der Waals surface area contributed by atoms with Crippen molar-refractivity contribution in [1.82, 2.24) is 5.32 Å². The third-order valence-electron chi connectivity index (χ3n) is 10.3. The number of nitrogens with one attached hydrogen (secondary N) is 1. The van der Waals surface area contributed by atoms with E-state index in [1.165, 1.54) is 21.5 Å². The van der Waals surface area contributed by atoms with Gasteiger partial charge in [0.25, 0.3) is 0 Å². The van der Waals surface area contributed by atoms with Crippen molar-refractivity contribution in [3.05, 3.63) is 192 Å². The van der Waals surface area contributed by atoms with E-state index in [1.54, 1.807) is 0 Å². The maximum Gasteiger partial charge on any atom is 0.198 e. The fourth-order valence-corrected chi connectivity index (χ4v) is 7.53. The van der Waals surface area contributed by atoms with Crippen LogP contribution in [0.15, 0.2) is 180 Å². The summed E-state index contributed by atoms with van der Waals surface area (Å²) >= 11 is 0. The average Bonchev–Trinajstić information content (AvgIpc) is 3.56. The smallest absolute Gasteiger partial charge is 0.198 e. The molecule has 0 aromatic heterocycles. The predicted molar refractivity (Wildman–Crippen MR) is 214 cm³/mol. The van der Waals surface area contributed by atoms with Gasteiger partial charge in [-0.1, -0.05) is 140 Å². The minimum Gasteiger partial charge on any atom is -0.463 e. The standard InChI is InChI=1S/C47H34N4O/c1-51-42-25-24-32-20-21-37(29-41(32)43(42)52-47(51)33-12-3-2-4-13-33)36-16-9-17-38(28-36)44-48-45(39-22-18-30-10-5-7-14-34(30)26-39)50-46(49-44)40-23-19-31-11-6-8-15-35(31)27-40/h2-29,45,47H,1H3,(H,48,49,50). The maximum atomic E-state index is 6.67. The van der Waals surface area contributed by atoms with Crippen LogP contribution in [0.4, 0.5) is 5.69 Å².